The molecule has 1 aliphatic heterocycles. The van der Waals surface area contributed by atoms with Crippen molar-refractivity contribution in [2.45, 2.75) is 38.6 Å². The van der Waals surface area contributed by atoms with Gasteiger partial charge in [-0.1, -0.05) is 18.0 Å². The zero-order valence-electron chi connectivity index (χ0n) is 15.4. The van der Waals surface area contributed by atoms with Gasteiger partial charge in [0.05, 0.1) is 0 Å². The third-order valence-corrected chi connectivity index (χ3v) is 5.11. The lowest BCUT2D eigenvalue weighted by Gasteiger charge is -2.20. The summed E-state index contributed by atoms with van der Waals surface area (Å²) in [5.41, 5.74) is 0.687. The molecule has 0 bridgehead atoms. The first kappa shape index (κ1) is 18.3. The van der Waals surface area contributed by atoms with Gasteiger partial charge in [0.15, 0.2) is 0 Å². The van der Waals surface area contributed by atoms with Crippen LogP contribution in [0.5, 0.6) is 0 Å². The van der Waals surface area contributed by atoms with E-state index in [2.05, 4.69) is 10.1 Å². The predicted octanol–water partition coefficient (Wildman–Crippen LogP) is 2.98. The van der Waals surface area contributed by atoms with Crippen LogP contribution >= 0.6 is 0 Å². The molecule has 7 nitrogen and oxygen atoms in total. The first-order chi connectivity index (χ1) is 13.6. The molecule has 0 N–H and O–H groups in total. The summed E-state index contributed by atoms with van der Waals surface area (Å²) < 4.78 is 19.7. The third kappa shape index (κ3) is 3.67. The number of hydrogen-bond donors (Lipinski definition) is 0. The number of fused-ring (bicyclic) bond motifs is 1. The molecular formula is C20H21FN4O3. The molecule has 2 aromatic heterocycles. The van der Waals surface area contributed by atoms with Crippen LogP contribution in [-0.2, 0) is 11.3 Å². The van der Waals surface area contributed by atoms with Gasteiger partial charge < -0.3 is 9.42 Å². The quantitative estimate of drug-likeness (QED) is 0.691. The van der Waals surface area contributed by atoms with Gasteiger partial charge in [-0.15, -0.1) is 0 Å². The fourth-order valence-electron chi connectivity index (χ4n) is 3.54. The van der Waals surface area contributed by atoms with E-state index in [4.69, 9.17) is 4.52 Å². The molecule has 8 heteroatoms. The van der Waals surface area contributed by atoms with Crippen LogP contribution in [-0.4, -0.2) is 38.6 Å². The summed E-state index contributed by atoms with van der Waals surface area (Å²) in [4.78, 5) is 31.4. The molecule has 1 aliphatic rings. The number of halogens is 1. The van der Waals surface area contributed by atoms with Gasteiger partial charge in [-0.2, -0.15) is 0 Å². The van der Waals surface area contributed by atoms with Crippen molar-refractivity contribution in [2.24, 2.45) is 0 Å². The molecule has 0 unspecified atom stereocenters. The van der Waals surface area contributed by atoms with Crippen LogP contribution < -0.4 is 5.56 Å². The average molecular weight is 384 g/mol. The zero-order valence-corrected chi connectivity index (χ0v) is 15.4. The van der Waals surface area contributed by atoms with E-state index in [0.29, 0.717) is 11.3 Å². The second kappa shape index (κ2) is 7.92. The number of carbonyl (C=O) groups excluding carboxylic acids is 1. The van der Waals surface area contributed by atoms with Gasteiger partial charge >= 0.3 is 0 Å². The molecule has 0 spiro atoms. The maximum absolute atomic E-state index is 13.2. The van der Waals surface area contributed by atoms with Gasteiger partial charge in [0.25, 0.3) is 11.3 Å². The summed E-state index contributed by atoms with van der Waals surface area (Å²) in [5.74, 6) is -0.322. The Kier molecular flexibility index (Phi) is 5.18. The fraction of sp³-hybridized carbons (Fsp3) is 0.400. The molecule has 3 heterocycles. The highest BCUT2D eigenvalue weighted by Gasteiger charge is 2.19. The van der Waals surface area contributed by atoms with Crippen molar-refractivity contribution in [3.8, 4) is 11.3 Å². The lowest BCUT2D eigenvalue weighted by atomic mass is 10.1. The highest BCUT2D eigenvalue weighted by Crippen LogP contribution is 2.24. The van der Waals surface area contributed by atoms with Crippen LogP contribution in [0.3, 0.4) is 0 Å². The van der Waals surface area contributed by atoms with Gasteiger partial charge in [-0.25, -0.2) is 9.37 Å². The summed E-state index contributed by atoms with van der Waals surface area (Å²) >= 11 is 0. The molecule has 146 valence electrons. The molecule has 0 atom stereocenters. The molecule has 4 rings (SSSR count). The van der Waals surface area contributed by atoms with Crippen LogP contribution in [0.25, 0.3) is 22.4 Å². The van der Waals surface area contributed by atoms with E-state index in [1.807, 2.05) is 4.90 Å². The fourth-order valence-corrected chi connectivity index (χ4v) is 3.54. The molecule has 1 fully saturated rings. The number of nitrogens with zero attached hydrogens (tertiary/aromatic N) is 4. The van der Waals surface area contributed by atoms with Crippen molar-refractivity contribution >= 4 is 17.0 Å². The van der Waals surface area contributed by atoms with Crippen molar-refractivity contribution in [1.82, 2.24) is 19.6 Å². The Morgan fingerprint density at radius 2 is 1.82 bits per heavy atom. The molecule has 0 radical (unpaired) electrons. The molecule has 1 saturated heterocycles. The Hall–Kier alpha value is -3.03. The Labute approximate surface area is 160 Å². The number of carbonyl (C=O) groups is 1. The number of amides is 1. The van der Waals surface area contributed by atoms with Crippen LogP contribution in [0, 0.1) is 5.82 Å². The first-order valence-corrected chi connectivity index (χ1v) is 9.52. The minimum absolute atomic E-state index is 0.0537. The van der Waals surface area contributed by atoms with Crippen molar-refractivity contribution in [2.75, 3.05) is 13.1 Å². The Bertz CT molecular complexity index is 1030. The lowest BCUT2D eigenvalue weighted by Crippen LogP contribution is -2.33. The Morgan fingerprint density at radius 1 is 1.11 bits per heavy atom. The highest BCUT2D eigenvalue weighted by molar-refractivity contribution is 5.88. The normalized spacial score (nSPS) is 15.0. The largest absolute Gasteiger partial charge is 0.343 e. The van der Waals surface area contributed by atoms with Gasteiger partial charge in [-0.05, 0) is 37.1 Å². The van der Waals surface area contributed by atoms with Gasteiger partial charge in [0.2, 0.25) is 5.91 Å². The van der Waals surface area contributed by atoms with Crippen LogP contribution in [0.4, 0.5) is 4.39 Å². The predicted molar refractivity (Wildman–Crippen MR) is 101 cm³/mol. The van der Waals surface area contributed by atoms with E-state index in [1.54, 1.807) is 0 Å². The molecule has 3 aromatic rings. The topological polar surface area (TPSA) is 81.2 Å². The van der Waals surface area contributed by atoms with Crippen molar-refractivity contribution in [3.63, 3.8) is 0 Å². The summed E-state index contributed by atoms with van der Waals surface area (Å²) in [7, 11) is 0. The molecular weight excluding hydrogens is 363 g/mol. The third-order valence-electron chi connectivity index (χ3n) is 5.11. The average Bonchev–Trinajstić information content (AvgIpc) is 2.95. The van der Waals surface area contributed by atoms with Crippen LogP contribution in [0.1, 0.15) is 32.1 Å². The van der Waals surface area contributed by atoms with Crippen LogP contribution in [0.15, 0.2) is 39.9 Å². The van der Waals surface area contributed by atoms with Crippen LogP contribution in [0.2, 0.25) is 0 Å². The van der Waals surface area contributed by atoms with E-state index >= 15 is 0 Å². The monoisotopic (exact) mass is 384 g/mol. The number of aromatic nitrogens is 3. The van der Waals surface area contributed by atoms with Gasteiger partial charge in [0.1, 0.15) is 23.2 Å². The van der Waals surface area contributed by atoms with E-state index in [0.717, 1.165) is 38.8 Å². The number of benzene rings is 1. The van der Waals surface area contributed by atoms with Gasteiger partial charge in [0, 0.05) is 31.6 Å². The standard InChI is InChI=1S/C20H21FN4O3/c21-15-7-5-14(6-8-15)18-17-19(28-23-18)22-13-25(20(17)27)12-9-16(26)24-10-3-1-2-4-11-24/h5-8,13H,1-4,9-12H2. The lowest BCUT2D eigenvalue weighted by molar-refractivity contribution is -0.131. The molecule has 28 heavy (non-hydrogen) atoms. The minimum atomic E-state index is -0.376. The number of rotatable bonds is 4. The summed E-state index contributed by atoms with van der Waals surface area (Å²) in [6.07, 6.45) is 5.99. The number of aryl methyl sites for hydroxylation is 1. The van der Waals surface area contributed by atoms with Crippen molar-refractivity contribution < 1.29 is 13.7 Å². The van der Waals surface area contributed by atoms with E-state index in [1.165, 1.54) is 35.2 Å². The first-order valence-electron chi connectivity index (χ1n) is 9.52. The van der Waals surface area contributed by atoms with Crippen molar-refractivity contribution in [3.05, 3.63) is 46.8 Å². The van der Waals surface area contributed by atoms with Crippen molar-refractivity contribution in [1.29, 1.82) is 0 Å². The summed E-state index contributed by atoms with van der Waals surface area (Å²) in [5, 5.41) is 4.16. The number of hydrogen-bond acceptors (Lipinski definition) is 5. The second-order valence-electron chi connectivity index (χ2n) is 7.01. The van der Waals surface area contributed by atoms with E-state index < -0.39 is 0 Å². The number of likely N-dealkylation sites (tertiary alicyclic amines) is 1. The smallest absolute Gasteiger partial charge is 0.266 e. The van der Waals surface area contributed by atoms with E-state index in [-0.39, 0.29) is 41.3 Å². The van der Waals surface area contributed by atoms with Gasteiger partial charge in [-0.3, -0.25) is 14.2 Å². The SMILES string of the molecule is O=C(CCn1cnc2onc(-c3ccc(F)cc3)c2c1=O)N1CCCCCC1. The molecule has 0 aliphatic carbocycles. The zero-order chi connectivity index (χ0) is 19.5. The highest BCUT2D eigenvalue weighted by atomic mass is 19.1. The summed E-state index contributed by atoms with van der Waals surface area (Å²) in [6, 6.07) is 5.66. The second-order valence-corrected chi connectivity index (χ2v) is 7.01. The molecule has 1 amide bonds. The Balaban J connectivity index is 1.57. The maximum atomic E-state index is 13.2. The molecule has 0 saturated carbocycles. The van der Waals surface area contributed by atoms with E-state index in [9.17, 15) is 14.0 Å². The summed E-state index contributed by atoms with van der Waals surface area (Å²) in [6.45, 7) is 1.81. The maximum Gasteiger partial charge on any atom is 0.266 e. The minimum Gasteiger partial charge on any atom is -0.343 e. The molecule has 1 aromatic carbocycles. The Morgan fingerprint density at radius 3 is 2.54 bits per heavy atom.